The molecule has 0 aromatic carbocycles. The van der Waals surface area contributed by atoms with Crippen LogP contribution in [0.25, 0.3) is 0 Å². The lowest BCUT2D eigenvalue weighted by Gasteiger charge is -2.34. The lowest BCUT2D eigenvalue weighted by molar-refractivity contribution is 0.0627. The van der Waals surface area contributed by atoms with E-state index in [2.05, 4.69) is 15.2 Å². The number of amides is 1. The van der Waals surface area contributed by atoms with Gasteiger partial charge in [0.05, 0.1) is 5.56 Å². The molecule has 0 bridgehead atoms. The summed E-state index contributed by atoms with van der Waals surface area (Å²) in [6.07, 6.45) is 4.33. The molecule has 1 aliphatic heterocycles. The Kier molecular flexibility index (Phi) is 3.38. The van der Waals surface area contributed by atoms with Crippen molar-refractivity contribution in [3.63, 3.8) is 0 Å². The first-order valence-corrected chi connectivity index (χ1v) is 6.95. The van der Waals surface area contributed by atoms with Crippen molar-refractivity contribution in [1.29, 1.82) is 0 Å². The molecule has 0 radical (unpaired) electrons. The van der Waals surface area contributed by atoms with E-state index in [4.69, 9.17) is 0 Å². The average molecular weight is 260 g/mol. The van der Waals surface area contributed by atoms with E-state index < -0.39 is 0 Å². The number of hydrogen-bond acceptors (Lipinski definition) is 4. The van der Waals surface area contributed by atoms with Gasteiger partial charge in [-0.3, -0.25) is 9.69 Å². The molecule has 1 saturated heterocycles. The fourth-order valence-corrected chi connectivity index (χ4v) is 2.58. The quantitative estimate of drug-likeness (QED) is 0.882. The van der Waals surface area contributed by atoms with Gasteiger partial charge in [-0.05, 0) is 25.0 Å². The molecule has 1 amide bonds. The van der Waals surface area contributed by atoms with Crippen LogP contribution < -0.4 is 5.32 Å². The zero-order chi connectivity index (χ0) is 13.2. The molecule has 0 spiro atoms. The Morgan fingerprint density at radius 1 is 1.26 bits per heavy atom. The predicted octanol–water partition coefficient (Wildman–Crippen LogP) is 1.04. The number of carbonyl (C=O) groups excluding carboxylic acids is 1. The van der Waals surface area contributed by atoms with E-state index in [1.54, 1.807) is 6.20 Å². The number of piperazine rings is 1. The van der Waals surface area contributed by atoms with Crippen LogP contribution in [0.15, 0.2) is 18.3 Å². The highest BCUT2D eigenvalue weighted by Crippen LogP contribution is 2.27. The number of carbonyl (C=O) groups is 1. The minimum atomic E-state index is 0.102. The summed E-state index contributed by atoms with van der Waals surface area (Å²) in [6, 6.07) is 4.48. The predicted molar refractivity (Wildman–Crippen MR) is 74.3 cm³/mol. The average Bonchev–Trinajstić information content (AvgIpc) is 3.31. The van der Waals surface area contributed by atoms with Crippen LogP contribution >= 0.6 is 0 Å². The molecule has 1 aromatic heterocycles. The van der Waals surface area contributed by atoms with Crippen molar-refractivity contribution >= 4 is 11.7 Å². The maximum Gasteiger partial charge on any atom is 0.255 e. The van der Waals surface area contributed by atoms with Gasteiger partial charge in [-0.15, -0.1) is 0 Å². The fraction of sp³-hybridized carbons (Fsp3) is 0.571. The molecular weight excluding hydrogens is 240 g/mol. The second-order valence-electron chi connectivity index (χ2n) is 5.24. The molecular formula is C14H20N4O. The van der Waals surface area contributed by atoms with Crippen molar-refractivity contribution in [3.8, 4) is 0 Å². The number of pyridine rings is 1. The van der Waals surface area contributed by atoms with Crippen LogP contribution in [0.4, 0.5) is 5.82 Å². The summed E-state index contributed by atoms with van der Waals surface area (Å²) in [5, 5.41) is 2.96. The van der Waals surface area contributed by atoms with Crippen LogP contribution in [0.2, 0.25) is 0 Å². The summed E-state index contributed by atoms with van der Waals surface area (Å²) in [7, 11) is 1.82. The third-order valence-corrected chi connectivity index (χ3v) is 3.93. The molecule has 3 rings (SSSR count). The number of hydrogen-bond donors (Lipinski definition) is 1. The first-order chi connectivity index (χ1) is 9.28. The summed E-state index contributed by atoms with van der Waals surface area (Å²) in [4.78, 5) is 21.0. The summed E-state index contributed by atoms with van der Waals surface area (Å²) in [5.74, 6) is 0.890. The SMILES string of the molecule is CNc1ccc(C(=O)N2CCN(C3CC3)CC2)cn1. The number of nitrogens with zero attached hydrogens (tertiary/aromatic N) is 3. The minimum Gasteiger partial charge on any atom is -0.373 e. The summed E-state index contributed by atoms with van der Waals surface area (Å²) in [5.41, 5.74) is 0.680. The molecule has 5 heteroatoms. The van der Waals surface area contributed by atoms with E-state index in [9.17, 15) is 4.79 Å². The largest absolute Gasteiger partial charge is 0.373 e. The molecule has 1 aromatic rings. The van der Waals surface area contributed by atoms with Gasteiger partial charge in [0.25, 0.3) is 5.91 Å². The normalized spacial score (nSPS) is 20.4. The number of rotatable bonds is 3. The van der Waals surface area contributed by atoms with Crippen LogP contribution in [0.5, 0.6) is 0 Å². The van der Waals surface area contributed by atoms with Crippen molar-refractivity contribution in [2.75, 3.05) is 38.5 Å². The standard InChI is InChI=1S/C14H20N4O/c1-15-13-5-2-11(10-16-13)14(19)18-8-6-17(7-9-18)12-3-4-12/h2,5,10,12H,3-4,6-9H2,1H3,(H,15,16). The Morgan fingerprint density at radius 3 is 2.53 bits per heavy atom. The molecule has 19 heavy (non-hydrogen) atoms. The molecule has 5 nitrogen and oxygen atoms in total. The molecule has 2 fully saturated rings. The Bertz CT molecular complexity index is 447. The Labute approximate surface area is 113 Å². The van der Waals surface area contributed by atoms with Gasteiger partial charge in [0.2, 0.25) is 0 Å². The molecule has 1 aliphatic carbocycles. The van der Waals surface area contributed by atoms with Gasteiger partial charge in [0, 0.05) is 45.5 Å². The monoisotopic (exact) mass is 260 g/mol. The van der Waals surface area contributed by atoms with Gasteiger partial charge in [-0.1, -0.05) is 0 Å². The van der Waals surface area contributed by atoms with Crippen molar-refractivity contribution < 1.29 is 4.79 Å². The summed E-state index contributed by atoms with van der Waals surface area (Å²) < 4.78 is 0. The molecule has 0 atom stereocenters. The second-order valence-corrected chi connectivity index (χ2v) is 5.24. The zero-order valence-electron chi connectivity index (χ0n) is 11.3. The van der Waals surface area contributed by atoms with Crippen LogP contribution in [-0.4, -0.2) is 60.0 Å². The van der Waals surface area contributed by atoms with Gasteiger partial charge in [-0.25, -0.2) is 4.98 Å². The van der Waals surface area contributed by atoms with E-state index in [0.29, 0.717) is 5.56 Å². The van der Waals surface area contributed by atoms with Crippen molar-refractivity contribution in [2.24, 2.45) is 0 Å². The summed E-state index contributed by atoms with van der Waals surface area (Å²) in [6.45, 7) is 3.70. The van der Waals surface area contributed by atoms with Crippen LogP contribution in [0.3, 0.4) is 0 Å². The Balaban J connectivity index is 1.60. The number of nitrogens with one attached hydrogen (secondary N) is 1. The third kappa shape index (κ3) is 2.71. The van der Waals surface area contributed by atoms with Gasteiger partial charge < -0.3 is 10.2 Å². The van der Waals surface area contributed by atoms with E-state index in [0.717, 1.165) is 38.0 Å². The summed E-state index contributed by atoms with van der Waals surface area (Å²) >= 11 is 0. The van der Waals surface area contributed by atoms with Crippen molar-refractivity contribution in [1.82, 2.24) is 14.8 Å². The van der Waals surface area contributed by atoms with Crippen molar-refractivity contribution in [2.45, 2.75) is 18.9 Å². The first-order valence-electron chi connectivity index (χ1n) is 6.95. The second kappa shape index (κ2) is 5.17. The van der Waals surface area contributed by atoms with Crippen LogP contribution in [0.1, 0.15) is 23.2 Å². The van der Waals surface area contributed by atoms with Crippen LogP contribution in [0, 0.1) is 0 Å². The van der Waals surface area contributed by atoms with Crippen molar-refractivity contribution in [3.05, 3.63) is 23.9 Å². The molecule has 102 valence electrons. The van der Waals surface area contributed by atoms with Gasteiger partial charge in [0.15, 0.2) is 0 Å². The number of aromatic nitrogens is 1. The van der Waals surface area contributed by atoms with E-state index >= 15 is 0 Å². The fourth-order valence-electron chi connectivity index (χ4n) is 2.58. The van der Waals surface area contributed by atoms with E-state index in [-0.39, 0.29) is 5.91 Å². The van der Waals surface area contributed by atoms with E-state index in [1.807, 2.05) is 24.1 Å². The Morgan fingerprint density at radius 2 is 2.00 bits per heavy atom. The first kappa shape index (κ1) is 12.4. The zero-order valence-corrected chi connectivity index (χ0v) is 11.3. The topological polar surface area (TPSA) is 48.5 Å². The maximum atomic E-state index is 12.3. The van der Waals surface area contributed by atoms with Gasteiger partial charge in [0.1, 0.15) is 5.82 Å². The molecule has 2 aliphatic rings. The molecule has 1 N–H and O–H groups in total. The highest BCUT2D eigenvalue weighted by atomic mass is 16.2. The Hall–Kier alpha value is -1.62. The number of anilines is 1. The van der Waals surface area contributed by atoms with Crippen LogP contribution in [-0.2, 0) is 0 Å². The van der Waals surface area contributed by atoms with Gasteiger partial charge >= 0.3 is 0 Å². The lowest BCUT2D eigenvalue weighted by atomic mass is 10.2. The maximum absolute atomic E-state index is 12.3. The molecule has 2 heterocycles. The highest BCUT2D eigenvalue weighted by molar-refractivity contribution is 5.94. The third-order valence-electron chi connectivity index (χ3n) is 3.93. The highest BCUT2D eigenvalue weighted by Gasteiger charge is 2.32. The smallest absolute Gasteiger partial charge is 0.255 e. The lowest BCUT2D eigenvalue weighted by Crippen LogP contribution is -2.49. The van der Waals surface area contributed by atoms with E-state index in [1.165, 1.54) is 12.8 Å². The minimum absolute atomic E-state index is 0.102. The molecule has 0 unspecified atom stereocenters. The van der Waals surface area contributed by atoms with Gasteiger partial charge in [-0.2, -0.15) is 0 Å². The molecule has 1 saturated carbocycles.